The van der Waals surface area contributed by atoms with E-state index in [-0.39, 0.29) is 18.3 Å². The second-order valence-electron chi connectivity index (χ2n) is 4.96. The standard InChI is InChI=1S/C15H20N2O3S/c1-2-20-14(19)9-12-10-21-15(16-12)17-13(18)8-11-6-4-3-5-7-11/h6,10H,2-5,7-9H2,1H3,(H,16,17,18). The van der Waals surface area contributed by atoms with Gasteiger partial charge in [0.25, 0.3) is 0 Å². The van der Waals surface area contributed by atoms with Crippen molar-refractivity contribution in [3.8, 4) is 0 Å². The first kappa shape index (κ1) is 15.7. The fourth-order valence-corrected chi connectivity index (χ4v) is 2.97. The van der Waals surface area contributed by atoms with E-state index >= 15 is 0 Å². The summed E-state index contributed by atoms with van der Waals surface area (Å²) < 4.78 is 4.87. The molecule has 2 rings (SSSR count). The predicted molar refractivity (Wildman–Crippen MR) is 82.2 cm³/mol. The fourth-order valence-electron chi connectivity index (χ4n) is 2.24. The minimum atomic E-state index is -0.298. The molecule has 1 aromatic heterocycles. The highest BCUT2D eigenvalue weighted by molar-refractivity contribution is 7.13. The average Bonchev–Trinajstić information content (AvgIpc) is 2.87. The molecule has 0 saturated carbocycles. The van der Waals surface area contributed by atoms with Gasteiger partial charge in [-0.3, -0.25) is 9.59 Å². The first-order chi connectivity index (χ1) is 10.2. The van der Waals surface area contributed by atoms with Crippen LogP contribution in [-0.4, -0.2) is 23.5 Å². The summed E-state index contributed by atoms with van der Waals surface area (Å²) in [5.74, 6) is -0.340. The van der Waals surface area contributed by atoms with Crippen molar-refractivity contribution in [2.75, 3.05) is 11.9 Å². The van der Waals surface area contributed by atoms with Gasteiger partial charge in [-0.1, -0.05) is 11.6 Å². The lowest BCUT2D eigenvalue weighted by Gasteiger charge is -2.11. The van der Waals surface area contributed by atoms with Crippen LogP contribution in [0.3, 0.4) is 0 Å². The number of hydrogen-bond acceptors (Lipinski definition) is 5. The molecule has 1 aromatic rings. The lowest BCUT2D eigenvalue weighted by molar-refractivity contribution is -0.142. The average molecular weight is 308 g/mol. The summed E-state index contributed by atoms with van der Waals surface area (Å²) in [4.78, 5) is 27.5. The van der Waals surface area contributed by atoms with Crippen molar-refractivity contribution in [3.05, 3.63) is 22.7 Å². The smallest absolute Gasteiger partial charge is 0.311 e. The van der Waals surface area contributed by atoms with Gasteiger partial charge in [0.05, 0.1) is 18.7 Å². The minimum absolute atomic E-state index is 0.0415. The Morgan fingerprint density at radius 2 is 2.24 bits per heavy atom. The summed E-state index contributed by atoms with van der Waals surface area (Å²) >= 11 is 1.33. The van der Waals surface area contributed by atoms with Crippen LogP contribution in [0, 0.1) is 0 Å². The summed E-state index contributed by atoms with van der Waals surface area (Å²) in [6, 6.07) is 0. The molecule has 6 heteroatoms. The van der Waals surface area contributed by atoms with Crippen LogP contribution in [0.4, 0.5) is 5.13 Å². The molecule has 1 aliphatic rings. The van der Waals surface area contributed by atoms with Gasteiger partial charge in [-0.05, 0) is 32.6 Å². The zero-order valence-corrected chi connectivity index (χ0v) is 13.0. The summed E-state index contributed by atoms with van der Waals surface area (Å²) in [5, 5.41) is 5.10. The Kier molecular flexibility index (Phi) is 5.92. The molecule has 0 bridgehead atoms. The van der Waals surface area contributed by atoms with Crippen LogP contribution in [-0.2, 0) is 20.7 Å². The Hall–Kier alpha value is -1.69. The van der Waals surface area contributed by atoms with Crippen LogP contribution >= 0.6 is 11.3 Å². The van der Waals surface area contributed by atoms with Crippen LogP contribution in [0.2, 0.25) is 0 Å². The van der Waals surface area contributed by atoms with Crippen LogP contribution in [0.15, 0.2) is 17.0 Å². The maximum atomic E-state index is 11.9. The number of amides is 1. The van der Waals surface area contributed by atoms with Gasteiger partial charge in [0, 0.05) is 11.8 Å². The molecule has 0 saturated heterocycles. The Morgan fingerprint density at radius 3 is 2.95 bits per heavy atom. The number of anilines is 1. The molecule has 1 aliphatic carbocycles. The molecule has 0 atom stereocenters. The number of carbonyl (C=O) groups is 2. The summed E-state index contributed by atoms with van der Waals surface area (Å²) in [5.41, 5.74) is 1.84. The van der Waals surface area contributed by atoms with Gasteiger partial charge in [-0.15, -0.1) is 11.3 Å². The molecule has 1 amide bonds. The predicted octanol–water partition coefficient (Wildman–Crippen LogP) is 3.08. The van der Waals surface area contributed by atoms with E-state index < -0.39 is 0 Å². The number of aromatic nitrogens is 1. The zero-order valence-electron chi connectivity index (χ0n) is 12.2. The van der Waals surface area contributed by atoms with Gasteiger partial charge in [0.2, 0.25) is 5.91 Å². The van der Waals surface area contributed by atoms with Crippen LogP contribution < -0.4 is 5.32 Å². The molecule has 114 valence electrons. The number of esters is 1. The van der Waals surface area contributed by atoms with E-state index in [0.29, 0.717) is 23.9 Å². The number of nitrogens with one attached hydrogen (secondary N) is 1. The first-order valence-electron chi connectivity index (χ1n) is 7.25. The van der Waals surface area contributed by atoms with E-state index in [1.807, 2.05) is 0 Å². The molecule has 0 aromatic carbocycles. The first-order valence-corrected chi connectivity index (χ1v) is 8.13. The van der Waals surface area contributed by atoms with Crippen LogP contribution in [0.5, 0.6) is 0 Å². The van der Waals surface area contributed by atoms with Gasteiger partial charge in [0.1, 0.15) is 0 Å². The molecular weight excluding hydrogens is 288 g/mol. The Morgan fingerprint density at radius 1 is 1.38 bits per heavy atom. The molecule has 0 aliphatic heterocycles. The maximum Gasteiger partial charge on any atom is 0.311 e. The number of nitrogens with zero attached hydrogens (tertiary/aromatic N) is 1. The number of ether oxygens (including phenoxy) is 1. The van der Waals surface area contributed by atoms with Crippen molar-refractivity contribution >= 4 is 28.3 Å². The van der Waals surface area contributed by atoms with Gasteiger partial charge < -0.3 is 10.1 Å². The van der Waals surface area contributed by atoms with E-state index in [1.165, 1.54) is 29.8 Å². The third-order valence-electron chi connectivity index (χ3n) is 3.20. The highest BCUT2D eigenvalue weighted by Crippen LogP contribution is 2.21. The minimum Gasteiger partial charge on any atom is -0.466 e. The highest BCUT2D eigenvalue weighted by atomic mass is 32.1. The van der Waals surface area contributed by atoms with E-state index in [1.54, 1.807) is 12.3 Å². The van der Waals surface area contributed by atoms with Gasteiger partial charge in [-0.25, -0.2) is 4.98 Å². The molecule has 1 heterocycles. The van der Waals surface area contributed by atoms with Crippen molar-refractivity contribution < 1.29 is 14.3 Å². The molecule has 1 N–H and O–H groups in total. The lowest BCUT2D eigenvalue weighted by atomic mass is 9.97. The zero-order chi connectivity index (χ0) is 15.1. The Bertz CT molecular complexity index is 537. The molecule has 21 heavy (non-hydrogen) atoms. The van der Waals surface area contributed by atoms with Gasteiger partial charge >= 0.3 is 5.97 Å². The summed E-state index contributed by atoms with van der Waals surface area (Å²) in [6.07, 6.45) is 7.22. The third-order valence-corrected chi connectivity index (χ3v) is 4.01. The largest absolute Gasteiger partial charge is 0.466 e. The number of allylic oxidation sites excluding steroid dienone is 1. The molecule has 0 unspecified atom stereocenters. The quantitative estimate of drug-likeness (QED) is 0.648. The van der Waals surface area contributed by atoms with Crippen molar-refractivity contribution in [2.24, 2.45) is 0 Å². The second kappa shape index (κ2) is 7.93. The lowest BCUT2D eigenvalue weighted by Crippen LogP contribution is -2.13. The van der Waals surface area contributed by atoms with Gasteiger partial charge in [-0.2, -0.15) is 0 Å². The topological polar surface area (TPSA) is 68.3 Å². The normalized spacial score (nSPS) is 14.4. The van der Waals surface area contributed by atoms with Gasteiger partial charge in [0.15, 0.2) is 5.13 Å². The number of carbonyl (C=O) groups excluding carboxylic acids is 2. The monoisotopic (exact) mass is 308 g/mol. The van der Waals surface area contributed by atoms with E-state index in [9.17, 15) is 9.59 Å². The van der Waals surface area contributed by atoms with Crippen molar-refractivity contribution in [1.82, 2.24) is 4.98 Å². The van der Waals surface area contributed by atoms with Crippen LogP contribution in [0.1, 0.15) is 44.7 Å². The molecule has 0 spiro atoms. The van der Waals surface area contributed by atoms with Crippen LogP contribution in [0.25, 0.3) is 0 Å². The SMILES string of the molecule is CCOC(=O)Cc1csc(NC(=O)CC2=CCCCC2)n1. The summed E-state index contributed by atoms with van der Waals surface area (Å²) in [7, 11) is 0. The fraction of sp³-hybridized carbons (Fsp3) is 0.533. The summed E-state index contributed by atoms with van der Waals surface area (Å²) in [6.45, 7) is 2.13. The molecule has 5 nitrogen and oxygen atoms in total. The molecular formula is C15H20N2O3S. The van der Waals surface area contributed by atoms with Crippen molar-refractivity contribution in [3.63, 3.8) is 0 Å². The van der Waals surface area contributed by atoms with Crippen molar-refractivity contribution in [2.45, 2.75) is 45.4 Å². The Balaban J connectivity index is 1.82. The van der Waals surface area contributed by atoms with E-state index in [4.69, 9.17) is 4.74 Å². The molecule has 0 fully saturated rings. The number of thiazole rings is 1. The Labute approximate surface area is 128 Å². The molecule has 0 radical (unpaired) electrons. The van der Waals surface area contributed by atoms with E-state index in [2.05, 4.69) is 16.4 Å². The highest BCUT2D eigenvalue weighted by Gasteiger charge is 2.12. The number of rotatable bonds is 6. The van der Waals surface area contributed by atoms with E-state index in [0.717, 1.165) is 12.8 Å². The number of hydrogen-bond donors (Lipinski definition) is 1. The second-order valence-corrected chi connectivity index (χ2v) is 5.82. The third kappa shape index (κ3) is 5.30. The maximum absolute atomic E-state index is 11.9. The van der Waals surface area contributed by atoms with Crippen molar-refractivity contribution in [1.29, 1.82) is 0 Å².